The molecular weight excluding hydrogens is 1120 g/mol. The Kier molecular flexibility index (Phi) is 14.3. The van der Waals surface area contributed by atoms with E-state index in [1.807, 2.05) is 55.0 Å². The molecule has 0 amide bonds. The largest absolute Gasteiger partial charge is 3.00 e. The first-order valence-corrected chi connectivity index (χ1v) is 24.9. The van der Waals surface area contributed by atoms with E-state index in [9.17, 15) is 5.26 Å². The van der Waals surface area contributed by atoms with Gasteiger partial charge in [-0.15, -0.1) is 89.0 Å². The standard InChI is InChI=1S/C71H42N5.Ir/c1-73-62-21-13-20-55(43-62)71-37-34-58(47-76-71)65-24-7-10-27-68(65)61-41-59(66-25-8-5-22-63(66)56-32-35-69(74-45-56)53-18-11-14-48(38-53)44-72)40-60(42-61)67-26-9-6-23-64(67)57-33-36-70(75-46-57)54-19-12-17-52(39-54)51-30-28-50(29-31-51)49-15-3-2-4-16-49;/h2-17,21-43,45-47H;/q-3;+3. The first kappa shape index (κ1) is 49.3. The molecule has 12 rings (SSSR count). The third kappa shape index (κ3) is 10.5. The number of rotatable bonds is 11. The molecule has 0 N–H and O–H groups in total. The summed E-state index contributed by atoms with van der Waals surface area (Å²) in [5.41, 5.74) is 22.9. The first-order chi connectivity index (χ1) is 37.5. The van der Waals surface area contributed by atoms with Gasteiger partial charge in [-0.25, -0.2) is 0 Å². The van der Waals surface area contributed by atoms with Gasteiger partial charge in [0.05, 0.1) is 12.6 Å². The molecule has 3 heterocycles. The number of nitrogens with zero attached hydrogens (tertiary/aromatic N) is 5. The second-order valence-corrected chi connectivity index (χ2v) is 18.3. The van der Waals surface area contributed by atoms with Crippen molar-refractivity contribution in [1.29, 1.82) is 5.26 Å². The van der Waals surface area contributed by atoms with Gasteiger partial charge in [-0.3, -0.25) is 4.85 Å². The fourth-order valence-corrected chi connectivity index (χ4v) is 9.83. The zero-order chi connectivity index (χ0) is 51.2. The van der Waals surface area contributed by atoms with Gasteiger partial charge in [0.2, 0.25) is 0 Å². The van der Waals surface area contributed by atoms with E-state index in [0.29, 0.717) is 11.3 Å². The summed E-state index contributed by atoms with van der Waals surface area (Å²) in [6.07, 6.45) is 5.77. The summed E-state index contributed by atoms with van der Waals surface area (Å²) in [6, 6.07) is 92.9. The molecule has 0 aliphatic carbocycles. The molecule has 0 aliphatic heterocycles. The molecule has 12 aromatic rings. The van der Waals surface area contributed by atoms with Gasteiger partial charge < -0.3 is 15.0 Å². The van der Waals surface area contributed by atoms with Gasteiger partial charge in [0, 0.05) is 18.6 Å². The van der Waals surface area contributed by atoms with Crippen LogP contribution in [0.3, 0.4) is 0 Å². The smallest absolute Gasteiger partial charge is 0.304 e. The Morgan fingerprint density at radius 2 is 0.701 bits per heavy atom. The van der Waals surface area contributed by atoms with Crippen LogP contribution < -0.4 is 0 Å². The molecule has 0 radical (unpaired) electrons. The maximum absolute atomic E-state index is 9.55. The summed E-state index contributed by atoms with van der Waals surface area (Å²) in [5.74, 6) is 0. The Balaban J connectivity index is 0.00000631. The third-order valence-electron chi connectivity index (χ3n) is 13.7. The minimum atomic E-state index is 0. The van der Waals surface area contributed by atoms with Crippen LogP contribution in [0.15, 0.2) is 255 Å². The summed E-state index contributed by atoms with van der Waals surface area (Å²) in [4.78, 5) is 18.4. The average Bonchev–Trinajstić information content (AvgIpc) is 3.52. The number of pyridine rings is 3. The minimum absolute atomic E-state index is 0. The SMILES string of the molecule is [C-]#[N+]c1cc[c-]c(-c2ccc(-c3ccccc3-c3cc(-c4ccccc4-c4ccc(-c5[c-]ccc(C#N)c5)nc4)cc(-c4ccccc4-c4ccc(-c5[c-]ccc(-c6ccc(-c7ccccc7)cc6)c5)nc4)c3)cn2)c1.[Ir+3]. The molecule has 0 saturated heterocycles. The minimum Gasteiger partial charge on any atom is -0.304 e. The molecule has 77 heavy (non-hydrogen) atoms. The van der Waals surface area contributed by atoms with E-state index >= 15 is 0 Å². The zero-order valence-corrected chi connectivity index (χ0v) is 43.7. The van der Waals surface area contributed by atoms with Crippen molar-refractivity contribution in [2.45, 2.75) is 0 Å². The van der Waals surface area contributed by atoms with Crippen LogP contribution in [0.1, 0.15) is 5.56 Å². The van der Waals surface area contributed by atoms with Gasteiger partial charge in [0.15, 0.2) is 0 Å². The van der Waals surface area contributed by atoms with Crippen molar-refractivity contribution < 1.29 is 20.1 Å². The summed E-state index contributed by atoms with van der Waals surface area (Å²) >= 11 is 0. The number of benzene rings is 9. The van der Waals surface area contributed by atoms with Crippen LogP contribution in [0.25, 0.3) is 128 Å². The van der Waals surface area contributed by atoms with Crippen LogP contribution in [-0.4, -0.2) is 15.0 Å². The van der Waals surface area contributed by atoms with E-state index in [0.717, 1.165) is 112 Å². The van der Waals surface area contributed by atoms with Crippen molar-refractivity contribution in [2.75, 3.05) is 0 Å². The second kappa shape index (κ2) is 22.3. The van der Waals surface area contributed by atoms with E-state index < -0.39 is 0 Å². The maximum Gasteiger partial charge on any atom is 3.00 e. The molecule has 360 valence electrons. The van der Waals surface area contributed by atoms with Crippen molar-refractivity contribution in [3.05, 3.63) is 290 Å². The van der Waals surface area contributed by atoms with Crippen molar-refractivity contribution in [3.63, 3.8) is 0 Å². The monoisotopic (exact) mass is 1160 g/mol. The molecule has 0 atom stereocenters. The quantitative estimate of drug-likeness (QED) is 0.121. The molecule has 0 spiro atoms. The van der Waals surface area contributed by atoms with Crippen LogP contribution in [0, 0.1) is 36.1 Å². The predicted molar refractivity (Wildman–Crippen MR) is 307 cm³/mol. The molecule has 6 heteroatoms. The van der Waals surface area contributed by atoms with Crippen LogP contribution in [0.4, 0.5) is 5.69 Å². The Bertz CT molecular complexity index is 3990. The fourth-order valence-electron chi connectivity index (χ4n) is 9.83. The van der Waals surface area contributed by atoms with Crippen molar-refractivity contribution in [3.8, 4) is 129 Å². The number of hydrogen-bond acceptors (Lipinski definition) is 4. The molecule has 0 saturated carbocycles. The number of nitriles is 1. The van der Waals surface area contributed by atoms with Crippen LogP contribution in [0.5, 0.6) is 0 Å². The first-order valence-electron chi connectivity index (χ1n) is 24.9. The van der Waals surface area contributed by atoms with E-state index in [4.69, 9.17) is 21.5 Å². The van der Waals surface area contributed by atoms with Crippen LogP contribution in [0.2, 0.25) is 0 Å². The van der Waals surface area contributed by atoms with Gasteiger partial charge in [-0.05, 0) is 124 Å². The van der Waals surface area contributed by atoms with Gasteiger partial charge in [0.25, 0.3) is 0 Å². The van der Waals surface area contributed by atoms with E-state index in [1.54, 1.807) is 24.3 Å². The molecular formula is C71H42IrN5. The van der Waals surface area contributed by atoms with Gasteiger partial charge in [-0.2, -0.15) is 11.3 Å². The summed E-state index contributed by atoms with van der Waals surface area (Å²) < 4.78 is 0. The molecule has 3 aromatic heterocycles. The molecule has 0 aliphatic rings. The summed E-state index contributed by atoms with van der Waals surface area (Å²) in [7, 11) is 0. The Labute approximate surface area is 462 Å². The van der Waals surface area contributed by atoms with Crippen molar-refractivity contribution in [2.24, 2.45) is 0 Å². The van der Waals surface area contributed by atoms with Crippen molar-refractivity contribution >= 4 is 5.69 Å². The normalized spacial score (nSPS) is 10.7. The van der Waals surface area contributed by atoms with E-state index in [1.165, 1.54) is 11.1 Å². The third-order valence-corrected chi connectivity index (χ3v) is 13.7. The topological polar surface area (TPSA) is 66.8 Å². The summed E-state index contributed by atoms with van der Waals surface area (Å²) in [6.45, 7) is 7.52. The number of aromatic nitrogens is 3. The van der Waals surface area contributed by atoms with Crippen LogP contribution >= 0.6 is 0 Å². The molecule has 5 nitrogen and oxygen atoms in total. The second-order valence-electron chi connectivity index (χ2n) is 18.3. The van der Waals surface area contributed by atoms with Crippen LogP contribution in [-0.2, 0) is 20.1 Å². The molecule has 0 fully saturated rings. The number of hydrogen-bond donors (Lipinski definition) is 0. The van der Waals surface area contributed by atoms with Gasteiger partial charge >= 0.3 is 20.1 Å². The van der Waals surface area contributed by atoms with E-state index in [2.05, 4.69) is 205 Å². The molecule has 0 bridgehead atoms. The van der Waals surface area contributed by atoms with Crippen molar-refractivity contribution in [1.82, 2.24) is 15.0 Å². The Morgan fingerprint density at radius 3 is 1.13 bits per heavy atom. The fraction of sp³-hybridized carbons (Fsp3) is 0. The predicted octanol–water partition coefficient (Wildman–Crippen LogP) is 18.0. The van der Waals surface area contributed by atoms with E-state index in [-0.39, 0.29) is 20.1 Å². The molecule has 9 aromatic carbocycles. The average molecular weight is 1160 g/mol. The van der Waals surface area contributed by atoms with Gasteiger partial charge in [0.1, 0.15) is 5.69 Å². The Morgan fingerprint density at radius 1 is 0.338 bits per heavy atom. The Hall–Kier alpha value is -9.94. The molecule has 0 unspecified atom stereocenters. The van der Waals surface area contributed by atoms with Gasteiger partial charge in [-0.1, -0.05) is 164 Å². The zero-order valence-electron chi connectivity index (χ0n) is 41.3. The maximum atomic E-state index is 9.55. The summed E-state index contributed by atoms with van der Waals surface area (Å²) in [5, 5.41) is 9.55.